The standard InChI is InChI=1S/C32H20N4O/c1-3-11-21(12-4-1)25-19-23(20-28-29(25)24-15-7-8-17-27(24)37-28)31-34-30(22-13-5-2-6-14-22)35-32(36-31)26-16-9-10-18-33-26/h1-20H. The van der Waals surface area contributed by atoms with Gasteiger partial charge in [0.1, 0.15) is 16.9 Å². The molecule has 4 aromatic carbocycles. The SMILES string of the molecule is c1ccc(-c2nc(-c3cc(-c4ccccc4)c4c(c3)oc3ccccc34)nc(-c3ccccn3)n2)cc1. The van der Waals surface area contributed by atoms with Gasteiger partial charge in [0.2, 0.25) is 0 Å². The van der Waals surface area contributed by atoms with E-state index in [1.807, 2.05) is 91.0 Å². The zero-order valence-electron chi connectivity index (χ0n) is 19.7. The molecule has 0 spiro atoms. The first-order valence-corrected chi connectivity index (χ1v) is 12.1. The van der Waals surface area contributed by atoms with Crippen molar-refractivity contribution in [3.05, 3.63) is 121 Å². The second-order valence-electron chi connectivity index (χ2n) is 8.75. The lowest BCUT2D eigenvalue weighted by molar-refractivity contribution is 0.669. The van der Waals surface area contributed by atoms with Gasteiger partial charge < -0.3 is 4.42 Å². The number of fused-ring (bicyclic) bond motifs is 3. The van der Waals surface area contributed by atoms with E-state index in [4.69, 9.17) is 19.4 Å². The summed E-state index contributed by atoms with van der Waals surface area (Å²) in [6, 6.07) is 38.3. The lowest BCUT2D eigenvalue weighted by atomic mass is 9.97. The highest BCUT2D eigenvalue weighted by molar-refractivity contribution is 6.13. The Balaban J connectivity index is 1.51. The van der Waals surface area contributed by atoms with Gasteiger partial charge in [-0.1, -0.05) is 84.9 Å². The van der Waals surface area contributed by atoms with Crippen molar-refractivity contribution in [3.63, 3.8) is 0 Å². The van der Waals surface area contributed by atoms with E-state index in [0.29, 0.717) is 23.2 Å². The maximum absolute atomic E-state index is 6.32. The fourth-order valence-electron chi connectivity index (χ4n) is 4.66. The van der Waals surface area contributed by atoms with Crippen LogP contribution in [-0.4, -0.2) is 19.9 Å². The lowest BCUT2D eigenvalue weighted by Gasteiger charge is -2.10. The summed E-state index contributed by atoms with van der Waals surface area (Å²) in [5, 5.41) is 2.16. The van der Waals surface area contributed by atoms with Gasteiger partial charge in [-0.25, -0.2) is 15.0 Å². The van der Waals surface area contributed by atoms with Gasteiger partial charge in [0.15, 0.2) is 17.5 Å². The molecular weight excluding hydrogens is 456 g/mol. The van der Waals surface area contributed by atoms with Gasteiger partial charge in [0, 0.05) is 28.1 Å². The molecule has 7 aromatic rings. The Bertz CT molecular complexity index is 1810. The zero-order chi connectivity index (χ0) is 24.6. The van der Waals surface area contributed by atoms with E-state index in [1.54, 1.807) is 6.20 Å². The number of aromatic nitrogens is 4. The van der Waals surface area contributed by atoms with Gasteiger partial charge in [0.25, 0.3) is 0 Å². The minimum absolute atomic E-state index is 0.524. The van der Waals surface area contributed by atoms with Crippen LogP contribution in [0.1, 0.15) is 0 Å². The molecule has 174 valence electrons. The molecule has 7 rings (SSSR count). The zero-order valence-corrected chi connectivity index (χ0v) is 19.7. The van der Waals surface area contributed by atoms with E-state index < -0.39 is 0 Å². The molecule has 0 N–H and O–H groups in total. The summed E-state index contributed by atoms with van der Waals surface area (Å²) in [5.41, 5.74) is 6.26. The summed E-state index contributed by atoms with van der Waals surface area (Å²) in [7, 11) is 0. The third-order valence-corrected chi connectivity index (χ3v) is 6.38. The van der Waals surface area contributed by atoms with Gasteiger partial charge in [-0.2, -0.15) is 0 Å². The highest BCUT2D eigenvalue weighted by atomic mass is 16.3. The Kier molecular flexibility index (Phi) is 5.03. The van der Waals surface area contributed by atoms with Gasteiger partial charge in [-0.15, -0.1) is 0 Å². The molecule has 5 heteroatoms. The molecule has 0 fully saturated rings. The quantitative estimate of drug-likeness (QED) is 0.259. The van der Waals surface area contributed by atoms with Gasteiger partial charge in [0.05, 0.1) is 0 Å². The third-order valence-electron chi connectivity index (χ3n) is 6.38. The van der Waals surface area contributed by atoms with Crippen molar-refractivity contribution in [3.8, 4) is 45.4 Å². The van der Waals surface area contributed by atoms with Crippen LogP contribution in [0.4, 0.5) is 0 Å². The molecule has 3 heterocycles. The minimum atomic E-state index is 0.524. The van der Waals surface area contributed by atoms with Crippen LogP contribution in [0, 0.1) is 0 Å². The monoisotopic (exact) mass is 476 g/mol. The molecule has 0 amide bonds. The van der Waals surface area contributed by atoms with Crippen LogP contribution in [0.2, 0.25) is 0 Å². The summed E-state index contributed by atoms with van der Waals surface area (Å²) in [6.45, 7) is 0. The average molecular weight is 477 g/mol. The number of hydrogen-bond acceptors (Lipinski definition) is 5. The molecule has 37 heavy (non-hydrogen) atoms. The summed E-state index contributed by atoms with van der Waals surface area (Å²) < 4.78 is 6.32. The average Bonchev–Trinajstić information content (AvgIpc) is 3.36. The molecule has 0 aliphatic heterocycles. The molecule has 0 saturated carbocycles. The first-order valence-electron chi connectivity index (χ1n) is 12.1. The minimum Gasteiger partial charge on any atom is -0.456 e. The smallest absolute Gasteiger partial charge is 0.182 e. The van der Waals surface area contributed by atoms with E-state index in [9.17, 15) is 0 Å². The maximum Gasteiger partial charge on any atom is 0.182 e. The van der Waals surface area contributed by atoms with Crippen molar-refractivity contribution in [1.29, 1.82) is 0 Å². The number of furan rings is 1. The van der Waals surface area contributed by atoms with Crippen LogP contribution in [-0.2, 0) is 0 Å². The molecule has 0 saturated heterocycles. The van der Waals surface area contributed by atoms with E-state index >= 15 is 0 Å². The second kappa shape index (κ2) is 8.81. The second-order valence-corrected chi connectivity index (χ2v) is 8.75. The molecule has 5 nitrogen and oxygen atoms in total. The molecule has 0 unspecified atom stereocenters. The van der Waals surface area contributed by atoms with Crippen molar-refractivity contribution < 1.29 is 4.42 Å². The Labute approximate surface area is 213 Å². The summed E-state index contributed by atoms with van der Waals surface area (Å²) in [4.78, 5) is 19.0. The Hall–Kier alpha value is -5.16. The third kappa shape index (κ3) is 3.83. The fourth-order valence-corrected chi connectivity index (χ4v) is 4.66. The van der Waals surface area contributed by atoms with E-state index in [0.717, 1.165) is 44.2 Å². The van der Waals surface area contributed by atoms with Gasteiger partial charge in [-0.3, -0.25) is 4.98 Å². The summed E-state index contributed by atoms with van der Waals surface area (Å²) in [6.07, 6.45) is 1.74. The molecule has 0 atom stereocenters. The van der Waals surface area contributed by atoms with Crippen LogP contribution in [0.15, 0.2) is 126 Å². The molecule has 3 aromatic heterocycles. The van der Waals surface area contributed by atoms with Crippen LogP contribution in [0.25, 0.3) is 67.4 Å². The Morgan fingerprint density at radius 1 is 0.486 bits per heavy atom. The topological polar surface area (TPSA) is 64.7 Å². The molecule has 0 aliphatic rings. The van der Waals surface area contributed by atoms with Crippen LogP contribution in [0.3, 0.4) is 0 Å². The summed E-state index contributed by atoms with van der Waals surface area (Å²) >= 11 is 0. The Morgan fingerprint density at radius 2 is 1.14 bits per heavy atom. The number of pyridine rings is 1. The van der Waals surface area contributed by atoms with E-state index in [1.165, 1.54) is 0 Å². The molecule has 0 bridgehead atoms. The van der Waals surface area contributed by atoms with E-state index in [-0.39, 0.29) is 0 Å². The van der Waals surface area contributed by atoms with E-state index in [2.05, 4.69) is 29.2 Å². The number of hydrogen-bond donors (Lipinski definition) is 0. The largest absolute Gasteiger partial charge is 0.456 e. The van der Waals surface area contributed by atoms with Crippen LogP contribution >= 0.6 is 0 Å². The highest BCUT2D eigenvalue weighted by Crippen LogP contribution is 2.39. The normalized spacial score (nSPS) is 11.2. The van der Waals surface area contributed by atoms with Gasteiger partial charge >= 0.3 is 0 Å². The van der Waals surface area contributed by atoms with Crippen molar-refractivity contribution in [2.24, 2.45) is 0 Å². The highest BCUT2D eigenvalue weighted by Gasteiger charge is 2.18. The van der Waals surface area contributed by atoms with Crippen molar-refractivity contribution in [2.75, 3.05) is 0 Å². The predicted octanol–water partition coefficient (Wildman–Crippen LogP) is 7.83. The predicted molar refractivity (Wildman–Crippen MR) is 147 cm³/mol. The first kappa shape index (κ1) is 21.1. The fraction of sp³-hybridized carbons (Fsp3) is 0. The van der Waals surface area contributed by atoms with Crippen LogP contribution < -0.4 is 0 Å². The number of benzene rings is 4. The van der Waals surface area contributed by atoms with Crippen molar-refractivity contribution in [2.45, 2.75) is 0 Å². The number of para-hydroxylation sites is 1. The number of nitrogens with zero attached hydrogens (tertiary/aromatic N) is 4. The maximum atomic E-state index is 6.32. The van der Waals surface area contributed by atoms with Crippen LogP contribution in [0.5, 0.6) is 0 Å². The Morgan fingerprint density at radius 3 is 1.89 bits per heavy atom. The van der Waals surface area contributed by atoms with Crippen molar-refractivity contribution >= 4 is 21.9 Å². The number of rotatable bonds is 4. The molecular formula is C32H20N4O. The molecule has 0 radical (unpaired) electrons. The lowest BCUT2D eigenvalue weighted by Crippen LogP contribution is -2.01. The first-order chi connectivity index (χ1) is 18.3. The van der Waals surface area contributed by atoms with Crippen molar-refractivity contribution in [1.82, 2.24) is 19.9 Å². The van der Waals surface area contributed by atoms with Gasteiger partial charge in [-0.05, 0) is 41.5 Å². The molecule has 0 aliphatic carbocycles. The summed E-state index contributed by atoms with van der Waals surface area (Å²) in [5.74, 6) is 1.68.